The molecule has 258 valence electrons. The average molecular weight is 710 g/mol. The van der Waals surface area contributed by atoms with Gasteiger partial charge in [0.15, 0.2) is 11.5 Å². The lowest BCUT2D eigenvalue weighted by molar-refractivity contribution is -0.383. The molecule has 0 spiro atoms. The number of phosphoric acid groups is 2. The fourth-order valence-corrected chi connectivity index (χ4v) is 4.33. The zero-order valence-corrected chi connectivity index (χ0v) is 25.4. The van der Waals surface area contributed by atoms with Gasteiger partial charge in [-0.25, -0.2) is 24.1 Å². The van der Waals surface area contributed by atoms with E-state index in [9.17, 15) is 30.2 Å². The molecule has 3 heterocycles. The molecule has 1 aliphatic heterocycles. The summed E-state index contributed by atoms with van der Waals surface area (Å²) in [6, 6.07) is 2.69. The maximum absolute atomic E-state index is 14.1. The number of benzene rings is 1. The quantitative estimate of drug-likeness (QED) is 0.0304. The number of nitro benzene ring substituents is 1. The summed E-state index contributed by atoms with van der Waals surface area (Å²) in [4.78, 5) is 82.9. The van der Waals surface area contributed by atoms with Crippen molar-refractivity contribution in [3.8, 4) is 0 Å². The van der Waals surface area contributed by atoms with Crippen molar-refractivity contribution in [2.45, 2.75) is 43.4 Å². The molecular weight excluding hydrogens is 682 g/mol. The van der Waals surface area contributed by atoms with Crippen molar-refractivity contribution >= 4 is 55.5 Å². The number of nitrogens with one attached hydrogen (secondary N) is 1. The molecule has 12 N–H and O–H groups in total. The number of azide groups is 1. The van der Waals surface area contributed by atoms with E-state index in [1.54, 1.807) is 6.92 Å². The van der Waals surface area contributed by atoms with Crippen LogP contribution in [0.25, 0.3) is 21.6 Å². The standard InChI is InChI=1S/C20H22N10O7.2H3O4P/c1-2-9(26-10-4-3-5-11(27-28-22)14(10)30(35)36)16(33)20(17(34)15(32)12(6-31)37-20)29-8-25-13-18(21)23-7-24-19(13)29;2*1-5(2,3)4/h3-5,7-9,12,15,17,26,31-32,34H,2,6H2,1H3,(H2,21,23,24);2*(H3,1,2,3,4)/t9?,12-,15-,17-,20-;;/m1../s1. The van der Waals surface area contributed by atoms with E-state index in [4.69, 9.17) is 54.5 Å². The highest BCUT2D eigenvalue weighted by Crippen LogP contribution is 2.41. The number of para-hydroxylation sites is 1. The highest BCUT2D eigenvalue weighted by molar-refractivity contribution is 7.45. The van der Waals surface area contributed by atoms with Crippen molar-refractivity contribution in [3.63, 3.8) is 0 Å². The summed E-state index contributed by atoms with van der Waals surface area (Å²) >= 11 is 0. The van der Waals surface area contributed by atoms with Crippen LogP contribution >= 0.6 is 15.6 Å². The number of ether oxygens (including phenoxy) is 1. The number of nitrogen functional groups attached to an aromatic ring is 1. The van der Waals surface area contributed by atoms with Crippen LogP contribution in [0.5, 0.6) is 0 Å². The Labute approximate surface area is 261 Å². The highest BCUT2D eigenvalue weighted by Gasteiger charge is 2.62. The Balaban J connectivity index is 0.000000670. The Morgan fingerprint density at radius 2 is 1.81 bits per heavy atom. The number of hydrogen-bond donors (Lipinski definition) is 11. The van der Waals surface area contributed by atoms with Gasteiger partial charge >= 0.3 is 21.3 Å². The van der Waals surface area contributed by atoms with Crippen LogP contribution in [-0.4, -0.2) is 106 Å². The first kappa shape index (κ1) is 39.0. The third-order valence-corrected chi connectivity index (χ3v) is 6.09. The zero-order valence-electron chi connectivity index (χ0n) is 23.6. The second kappa shape index (κ2) is 15.6. The van der Waals surface area contributed by atoms with Gasteiger partial charge in [0.05, 0.1) is 17.6 Å². The molecule has 2 aromatic heterocycles. The van der Waals surface area contributed by atoms with Crippen molar-refractivity contribution in [1.29, 1.82) is 0 Å². The van der Waals surface area contributed by atoms with Gasteiger partial charge < -0.3 is 60.5 Å². The molecule has 0 aliphatic carbocycles. The first-order valence-electron chi connectivity index (χ1n) is 12.5. The minimum atomic E-state index is -4.64. The number of nitro groups is 1. The summed E-state index contributed by atoms with van der Waals surface area (Å²) in [5, 5.41) is 49.3. The highest BCUT2D eigenvalue weighted by atomic mass is 31.2. The second-order valence-electron chi connectivity index (χ2n) is 9.13. The van der Waals surface area contributed by atoms with E-state index in [-0.39, 0.29) is 34.8 Å². The summed E-state index contributed by atoms with van der Waals surface area (Å²) in [6.07, 6.45) is -2.70. The molecule has 1 aromatic carbocycles. The van der Waals surface area contributed by atoms with Crippen molar-refractivity contribution in [2.24, 2.45) is 5.11 Å². The first-order valence-corrected chi connectivity index (χ1v) is 15.6. The Morgan fingerprint density at radius 3 is 2.30 bits per heavy atom. The summed E-state index contributed by atoms with van der Waals surface area (Å²) in [5.74, 6) is -0.883. The molecule has 5 atom stereocenters. The smallest absolute Gasteiger partial charge is 0.394 e. The summed E-state index contributed by atoms with van der Waals surface area (Å²) in [5.41, 5.74) is 11.4. The molecule has 1 aliphatic rings. The molecular formula is C20H28N10O15P2. The van der Waals surface area contributed by atoms with Crippen LogP contribution in [-0.2, 0) is 24.4 Å². The van der Waals surface area contributed by atoms with Crippen LogP contribution in [0.3, 0.4) is 0 Å². The lowest BCUT2D eigenvalue weighted by Gasteiger charge is -2.35. The number of aliphatic hydroxyl groups is 3. The van der Waals surface area contributed by atoms with Crippen LogP contribution in [0.2, 0.25) is 0 Å². The number of nitrogens with two attached hydrogens (primary N) is 1. The predicted molar refractivity (Wildman–Crippen MR) is 155 cm³/mol. The van der Waals surface area contributed by atoms with Crippen molar-refractivity contribution in [3.05, 3.63) is 51.4 Å². The second-order valence-corrected chi connectivity index (χ2v) is 11.2. The van der Waals surface area contributed by atoms with E-state index in [1.165, 1.54) is 18.2 Å². The first-order chi connectivity index (χ1) is 21.7. The number of ketones is 1. The number of imidazole rings is 1. The van der Waals surface area contributed by atoms with Gasteiger partial charge in [0.2, 0.25) is 11.5 Å². The molecule has 1 saturated heterocycles. The topological polar surface area (TPSA) is 416 Å². The van der Waals surface area contributed by atoms with Gasteiger partial charge in [0.1, 0.15) is 47.9 Å². The van der Waals surface area contributed by atoms with Gasteiger partial charge in [0.25, 0.3) is 0 Å². The van der Waals surface area contributed by atoms with Gasteiger partial charge in [0, 0.05) is 4.91 Å². The molecule has 0 radical (unpaired) electrons. The molecule has 0 amide bonds. The number of aromatic nitrogens is 4. The average Bonchev–Trinajstić information content (AvgIpc) is 3.50. The van der Waals surface area contributed by atoms with Gasteiger partial charge in [-0.2, -0.15) is 0 Å². The van der Waals surface area contributed by atoms with E-state index in [2.05, 4.69) is 30.3 Å². The van der Waals surface area contributed by atoms with Crippen LogP contribution in [0.1, 0.15) is 13.3 Å². The van der Waals surface area contributed by atoms with E-state index < -0.39 is 68.7 Å². The van der Waals surface area contributed by atoms with Crippen LogP contribution in [0.15, 0.2) is 36.0 Å². The lowest BCUT2D eigenvalue weighted by atomic mass is 9.92. The Kier molecular flexibility index (Phi) is 12.9. The molecule has 25 nitrogen and oxygen atoms in total. The number of hydrogen-bond acceptors (Lipinski definition) is 15. The van der Waals surface area contributed by atoms with Gasteiger partial charge in [-0.3, -0.25) is 19.5 Å². The molecule has 4 rings (SSSR count). The Bertz CT molecular complexity index is 1710. The summed E-state index contributed by atoms with van der Waals surface area (Å²) in [7, 11) is -9.28. The number of carbonyl (C=O) groups excluding carboxylic acids is 1. The normalized spacial score (nSPS) is 21.4. The molecule has 1 fully saturated rings. The Morgan fingerprint density at radius 1 is 1.21 bits per heavy atom. The number of Topliss-reactive ketones (excluding diaryl/α,β-unsaturated/α-hetero) is 1. The minimum Gasteiger partial charge on any atom is -0.394 e. The third-order valence-electron chi connectivity index (χ3n) is 6.09. The molecule has 47 heavy (non-hydrogen) atoms. The number of anilines is 2. The molecule has 3 aromatic rings. The summed E-state index contributed by atoms with van der Waals surface area (Å²) < 4.78 is 24.7. The maximum Gasteiger partial charge on any atom is 0.466 e. The molecule has 0 bridgehead atoms. The van der Waals surface area contributed by atoms with Crippen molar-refractivity contribution < 1.29 is 68.3 Å². The SMILES string of the molecule is CCC(Nc1cccc(N=[N+]=[N-])c1[N+](=O)[O-])C(=O)[C@@]1(n2cnc3c(N)ncnc32)O[C@H](CO)[C@@H](O)[C@H]1O.O=P(O)(O)O.O=P(O)(O)O. The van der Waals surface area contributed by atoms with Crippen molar-refractivity contribution in [2.75, 3.05) is 17.7 Å². The molecule has 1 unspecified atom stereocenters. The van der Waals surface area contributed by atoms with Crippen molar-refractivity contribution in [1.82, 2.24) is 19.5 Å². The van der Waals surface area contributed by atoms with E-state index in [0.717, 1.165) is 17.2 Å². The fraction of sp³-hybridized carbons (Fsp3) is 0.400. The van der Waals surface area contributed by atoms with E-state index in [0.29, 0.717) is 0 Å². The van der Waals surface area contributed by atoms with Gasteiger partial charge in [-0.15, -0.1) is 0 Å². The zero-order chi connectivity index (χ0) is 35.9. The summed E-state index contributed by atoms with van der Waals surface area (Å²) in [6.45, 7) is 0.862. The fourth-order valence-electron chi connectivity index (χ4n) is 4.33. The number of rotatable bonds is 9. The van der Waals surface area contributed by atoms with Gasteiger partial charge in [-0.05, 0) is 24.1 Å². The minimum absolute atomic E-state index is 0.00289. The maximum atomic E-state index is 14.1. The van der Waals surface area contributed by atoms with Gasteiger partial charge in [-0.1, -0.05) is 18.1 Å². The number of aliphatic hydroxyl groups excluding tert-OH is 3. The van der Waals surface area contributed by atoms with E-state index >= 15 is 0 Å². The number of nitrogens with zero attached hydrogens (tertiary/aromatic N) is 8. The Hall–Kier alpha value is -4.19. The van der Waals surface area contributed by atoms with Crippen LogP contribution in [0.4, 0.5) is 22.9 Å². The third kappa shape index (κ3) is 9.66. The number of carbonyl (C=O) groups is 1. The molecule has 0 saturated carbocycles. The number of fused-ring (bicyclic) bond motifs is 1. The molecule has 27 heteroatoms. The largest absolute Gasteiger partial charge is 0.466 e. The van der Waals surface area contributed by atoms with E-state index in [1.807, 2.05) is 0 Å². The lowest BCUT2D eigenvalue weighted by Crippen LogP contribution is -2.56. The van der Waals surface area contributed by atoms with Crippen LogP contribution < -0.4 is 11.1 Å². The van der Waals surface area contributed by atoms with Crippen LogP contribution in [0, 0.1) is 10.1 Å². The predicted octanol–water partition coefficient (Wildman–Crippen LogP) is -1.37. The monoisotopic (exact) mass is 710 g/mol.